The summed E-state index contributed by atoms with van der Waals surface area (Å²) in [5, 5.41) is 0. The van der Waals surface area contributed by atoms with Crippen LogP contribution >= 0.6 is 0 Å². The third kappa shape index (κ3) is 225. The molecular weight excluding hydrogens is 175 g/mol. The van der Waals surface area contributed by atoms with Crippen molar-refractivity contribution in [2.75, 3.05) is 0 Å². The second-order valence-electron chi connectivity index (χ2n) is 0.448. The van der Waals surface area contributed by atoms with Crippen LogP contribution in [-0.4, -0.2) is 81.1 Å². The summed E-state index contributed by atoms with van der Waals surface area (Å²) >= 11 is 0. The number of hydrogen-bond acceptors (Lipinski definition) is 2. The molecule has 0 aromatic heterocycles. The average Bonchev–Trinajstić information content (AvgIpc) is 0.722. The first-order chi connectivity index (χ1) is 2.00. The van der Waals surface area contributed by atoms with Crippen LogP contribution in [-0.2, 0) is 10.4 Å². The van der Waals surface area contributed by atoms with E-state index in [1.165, 1.54) is 0 Å². The molecule has 0 aliphatic rings. The van der Waals surface area contributed by atoms with Gasteiger partial charge in [0, 0.05) is 0 Å². The summed E-state index contributed by atoms with van der Waals surface area (Å²) in [5.74, 6) is 0. The Hall–Kier alpha value is 1.56. The molecule has 0 saturated heterocycles. The number of hydrogen-bond donors (Lipinski definition) is 2. The summed E-state index contributed by atoms with van der Waals surface area (Å²) < 4.78 is 31.6. The first-order valence-corrected chi connectivity index (χ1v) is 2.10. The average molecular weight is 184 g/mol. The standard InChI is InChI=1S/Mg.Na.H2O4S.2H2O.3H/c;;1-5(2,3)4;;;;;/h;;(H2,1,2,3,4);2*1H2;;;. The van der Waals surface area contributed by atoms with Gasteiger partial charge in [0.1, 0.15) is 0 Å². The van der Waals surface area contributed by atoms with Crippen LogP contribution in [0.1, 0.15) is 0 Å². The van der Waals surface area contributed by atoms with Crippen LogP contribution in [0, 0.1) is 0 Å². The first kappa shape index (κ1) is 31.2. The Morgan fingerprint density at radius 3 is 1.00 bits per heavy atom. The maximum absolute atomic E-state index is 8.74. The maximum atomic E-state index is 8.74. The van der Waals surface area contributed by atoms with Crippen molar-refractivity contribution in [3.63, 3.8) is 0 Å². The van der Waals surface area contributed by atoms with Gasteiger partial charge in [-0.1, -0.05) is 0 Å². The molecule has 0 aromatic carbocycles. The molecule has 0 radical (unpaired) electrons. The van der Waals surface area contributed by atoms with E-state index in [0.29, 0.717) is 0 Å². The van der Waals surface area contributed by atoms with Crippen molar-refractivity contribution in [2.45, 2.75) is 0 Å². The summed E-state index contributed by atoms with van der Waals surface area (Å²) in [7, 11) is -4.67. The van der Waals surface area contributed by atoms with E-state index in [4.69, 9.17) is 17.5 Å². The molecule has 0 bridgehead atoms. The topological polar surface area (TPSA) is 138 Å². The van der Waals surface area contributed by atoms with Crippen LogP contribution in [0.25, 0.3) is 0 Å². The van der Waals surface area contributed by atoms with E-state index in [1.807, 2.05) is 0 Å². The van der Waals surface area contributed by atoms with Crippen molar-refractivity contribution in [1.29, 1.82) is 0 Å². The minimum atomic E-state index is -4.67. The molecule has 0 saturated carbocycles. The zero-order valence-electron chi connectivity index (χ0n) is 3.12. The van der Waals surface area contributed by atoms with Crippen LogP contribution in [0.2, 0.25) is 0 Å². The predicted octanol–water partition coefficient (Wildman–Crippen LogP) is -3.87. The summed E-state index contributed by atoms with van der Waals surface area (Å²) in [6.07, 6.45) is 0. The molecule has 0 rings (SSSR count). The quantitative estimate of drug-likeness (QED) is 0.294. The molecule has 0 aliphatic heterocycles. The molecule has 0 spiro atoms. The molecule has 6 nitrogen and oxygen atoms in total. The van der Waals surface area contributed by atoms with Gasteiger partial charge in [-0.3, -0.25) is 9.11 Å². The molecule has 6 N–H and O–H groups in total. The fourth-order valence-electron chi connectivity index (χ4n) is 0. The van der Waals surface area contributed by atoms with Crippen LogP contribution in [0.4, 0.5) is 0 Å². The van der Waals surface area contributed by atoms with Gasteiger partial charge in [-0.05, 0) is 0 Å². The van der Waals surface area contributed by atoms with Gasteiger partial charge in [0.15, 0.2) is 0 Å². The molecule has 9 heteroatoms. The Labute approximate surface area is 90.7 Å². The molecule has 0 aromatic rings. The van der Waals surface area contributed by atoms with Gasteiger partial charge in [0.25, 0.3) is 0 Å². The second-order valence-corrected chi connectivity index (χ2v) is 1.34. The number of rotatable bonds is 0. The normalized spacial score (nSPS) is 6.44. The molecule has 0 fully saturated rings. The van der Waals surface area contributed by atoms with Crippen molar-refractivity contribution in [3.05, 3.63) is 0 Å². The van der Waals surface area contributed by atoms with Crippen LogP contribution in [0.3, 0.4) is 0 Å². The van der Waals surface area contributed by atoms with Crippen LogP contribution < -0.4 is 0 Å². The second kappa shape index (κ2) is 12.3. The Morgan fingerprint density at radius 1 is 1.00 bits per heavy atom. The fraction of sp³-hybridized carbons (Fsp3) is 0. The van der Waals surface area contributed by atoms with E-state index in [2.05, 4.69) is 0 Å². The predicted molar refractivity (Wildman–Crippen MR) is 37.1 cm³/mol. The third-order valence-corrected chi connectivity index (χ3v) is 0. The van der Waals surface area contributed by atoms with Crippen molar-refractivity contribution < 1.29 is 28.5 Å². The molecule has 0 unspecified atom stereocenters. The van der Waals surface area contributed by atoms with Gasteiger partial charge in [-0.2, -0.15) is 8.42 Å². The molecular formula is H9MgNaO6S. The summed E-state index contributed by atoms with van der Waals surface area (Å²) in [4.78, 5) is 0. The molecule has 0 heterocycles. The monoisotopic (exact) mass is 184 g/mol. The Bertz CT molecular complexity index is 96.2. The van der Waals surface area contributed by atoms with Crippen molar-refractivity contribution in [2.24, 2.45) is 0 Å². The molecule has 0 aliphatic carbocycles. The van der Waals surface area contributed by atoms with Gasteiger partial charge in [-0.25, -0.2) is 0 Å². The van der Waals surface area contributed by atoms with E-state index >= 15 is 0 Å². The van der Waals surface area contributed by atoms with Crippen LogP contribution in [0.15, 0.2) is 0 Å². The molecule has 9 heavy (non-hydrogen) atoms. The fourth-order valence-corrected chi connectivity index (χ4v) is 0. The van der Waals surface area contributed by atoms with E-state index < -0.39 is 10.4 Å². The van der Waals surface area contributed by atoms with Gasteiger partial charge >= 0.3 is 63.0 Å². The van der Waals surface area contributed by atoms with Crippen LogP contribution in [0.5, 0.6) is 0 Å². The zero-order valence-corrected chi connectivity index (χ0v) is 3.94. The van der Waals surface area contributed by atoms with E-state index in [1.54, 1.807) is 0 Å². The summed E-state index contributed by atoms with van der Waals surface area (Å²) in [5.41, 5.74) is 0. The summed E-state index contributed by atoms with van der Waals surface area (Å²) in [6, 6.07) is 0. The third-order valence-electron chi connectivity index (χ3n) is 0. The molecule has 0 atom stereocenters. The Balaban J connectivity index is -0.0000000133. The Morgan fingerprint density at radius 2 is 1.00 bits per heavy atom. The summed E-state index contributed by atoms with van der Waals surface area (Å²) in [6.45, 7) is 0. The SMILES string of the molecule is O.O.O=S(=O)(O)O.[MgH2].[NaH]. The first-order valence-electron chi connectivity index (χ1n) is 0.698. The van der Waals surface area contributed by atoms with Gasteiger partial charge in [0.2, 0.25) is 0 Å². The van der Waals surface area contributed by atoms with E-state index in [9.17, 15) is 0 Å². The van der Waals surface area contributed by atoms with Gasteiger partial charge in [0.05, 0.1) is 0 Å². The molecule has 0 amide bonds. The molecule has 54 valence electrons. The van der Waals surface area contributed by atoms with Gasteiger partial charge < -0.3 is 11.0 Å². The van der Waals surface area contributed by atoms with Crippen molar-refractivity contribution >= 4 is 63.0 Å². The zero-order chi connectivity index (χ0) is 4.50. The van der Waals surface area contributed by atoms with E-state index in [0.717, 1.165) is 0 Å². The van der Waals surface area contributed by atoms with Gasteiger partial charge in [-0.15, -0.1) is 0 Å². The minimum absolute atomic E-state index is 0. The van der Waals surface area contributed by atoms with Crippen molar-refractivity contribution in [3.8, 4) is 0 Å². The van der Waals surface area contributed by atoms with Crippen molar-refractivity contribution in [1.82, 2.24) is 0 Å². The Kier molecular flexibility index (Phi) is 42.5. The van der Waals surface area contributed by atoms with E-state index in [-0.39, 0.29) is 63.6 Å².